The van der Waals surface area contributed by atoms with Gasteiger partial charge in [0.1, 0.15) is 12.2 Å². The average molecular weight is 213 g/mol. The highest BCUT2D eigenvalue weighted by atomic mass is 35.5. The normalized spacial score (nSPS) is 9.21. The van der Waals surface area contributed by atoms with Gasteiger partial charge in [0.05, 0.1) is 11.8 Å². The molecule has 0 radical (unpaired) electrons. The van der Waals surface area contributed by atoms with E-state index in [0.717, 1.165) is 6.07 Å². The third-order valence-electron chi connectivity index (χ3n) is 1.44. The zero-order valence-electron chi connectivity index (χ0n) is 7.05. The van der Waals surface area contributed by atoms with Crippen molar-refractivity contribution in [1.29, 1.82) is 5.26 Å². The maximum atomic E-state index is 13.1. The van der Waals surface area contributed by atoms with Crippen LogP contribution in [-0.2, 0) is 4.79 Å². The summed E-state index contributed by atoms with van der Waals surface area (Å²) in [5, 5.41) is 10.7. The molecule has 0 aromatic heterocycles. The second-order valence-corrected chi connectivity index (χ2v) is 2.94. The van der Waals surface area contributed by atoms with Gasteiger partial charge in [0.25, 0.3) is 0 Å². The quantitative estimate of drug-likeness (QED) is 0.818. The van der Waals surface area contributed by atoms with E-state index in [1.807, 2.05) is 0 Å². The summed E-state index contributed by atoms with van der Waals surface area (Å²) in [6, 6.07) is 5.54. The maximum Gasteiger partial charge on any atom is 0.238 e. The van der Waals surface area contributed by atoms with Crippen LogP contribution in [0, 0.1) is 17.1 Å². The van der Waals surface area contributed by atoms with Crippen molar-refractivity contribution >= 4 is 23.2 Å². The van der Waals surface area contributed by atoms with Crippen LogP contribution in [0.1, 0.15) is 6.42 Å². The van der Waals surface area contributed by atoms with Crippen LogP contribution < -0.4 is 5.32 Å². The number of halogens is 2. The zero-order valence-corrected chi connectivity index (χ0v) is 7.81. The van der Waals surface area contributed by atoms with Crippen molar-refractivity contribution in [3.8, 4) is 6.07 Å². The van der Waals surface area contributed by atoms with Crippen LogP contribution in [0.3, 0.4) is 0 Å². The molecule has 0 unspecified atom stereocenters. The second-order valence-electron chi connectivity index (χ2n) is 2.51. The fourth-order valence-corrected chi connectivity index (χ4v) is 1.02. The fraction of sp³-hybridized carbons (Fsp3) is 0.111. The van der Waals surface area contributed by atoms with E-state index >= 15 is 0 Å². The van der Waals surface area contributed by atoms with Gasteiger partial charge in [-0.25, -0.2) is 4.39 Å². The highest BCUT2D eigenvalue weighted by Crippen LogP contribution is 2.18. The summed E-state index contributed by atoms with van der Waals surface area (Å²) >= 11 is 5.51. The first kappa shape index (κ1) is 10.5. The Labute approximate surface area is 85.1 Å². The van der Waals surface area contributed by atoms with Gasteiger partial charge in [0.15, 0.2) is 0 Å². The minimum absolute atomic E-state index is 0.0228. The van der Waals surface area contributed by atoms with Gasteiger partial charge < -0.3 is 5.32 Å². The number of hydrogen-bond donors (Lipinski definition) is 1. The summed E-state index contributed by atoms with van der Waals surface area (Å²) in [6.45, 7) is 0. The first-order valence-electron chi connectivity index (χ1n) is 3.75. The minimum Gasteiger partial charge on any atom is -0.323 e. The third kappa shape index (κ3) is 2.71. The molecule has 0 aliphatic heterocycles. The molecule has 0 heterocycles. The lowest BCUT2D eigenvalue weighted by Gasteiger charge is -2.03. The molecule has 3 nitrogen and oxygen atoms in total. The fourth-order valence-electron chi connectivity index (χ4n) is 0.857. The SMILES string of the molecule is N#CCC(=O)Nc1ccc(Cl)cc1F. The van der Waals surface area contributed by atoms with Crippen LogP contribution >= 0.6 is 11.6 Å². The Morgan fingerprint density at radius 2 is 2.36 bits per heavy atom. The molecule has 0 spiro atoms. The van der Waals surface area contributed by atoms with Crippen LogP contribution in [0.2, 0.25) is 5.02 Å². The molecule has 14 heavy (non-hydrogen) atoms. The molecule has 1 N–H and O–H groups in total. The number of nitrogens with one attached hydrogen (secondary N) is 1. The van der Waals surface area contributed by atoms with Gasteiger partial charge in [-0.2, -0.15) is 5.26 Å². The third-order valence-corrected chi connectivity index (χ3v) is 1.68. The average Bonchev–Trinajstić information content (AvgIpc) is 2.10. The molecule has 1 aromatic rings. The molecule has 1 aromatic carbocycles. The Bertz CT molecular complexity index is 400. The standard InChI is InChI=1S/C9H6ClFN2O/c10-6-1-2-8(7(11)5-6)13-9(14)3-4-12/h1-2,5H,3H2,(H,13,14). The van der Waals surface area contributed by atoms with Crippen LogP contribution in [0.15, 0.2) is 18.2 Å². The van der Waals surface area contributed by atoms with Crippen molar-refractivity contribution in [2.45, 2.75) is 6.42 Å². The van der Waals surface area contributed by atoms with Crippen molar-refractivity contribution in [2.24, 2.45) is 0 Å². The molecule has 0 aliphatic carbocycles. The Kier molecular flexibility index (Phi) is 3.43. The van der Waals surface area contributed by atoms with Gasteiger partial charge in [-0.3, -0.25) is 4.79 Å². The number of amides is 1. The highest BCUT2D eigenvalue weighted by molar-refractivity contribution is 6.30. The molecule has 0 atom stereocenters. The number of anilines is 1. The smallest absolute Gasteiger partial charge is 0.238 e. The van der Waals surface area contributed by atoms with Crippen LogP contribution in [-0.4, -0.2) is 5.91 Å². The van der Waals surface area contributed by atoms with Gasteiger partial charge in [0, 0.05) is 5.02 Å². The number of benzene rings is 1. The molecule has 0 aliphatic rings. The van der Waals surface area contributed by atoms with Crippen molar-refractivity contribution < 1.29 is 9.18 Å². The predicted molar refractivity (Wildman–Crippen MR) is 50.3 cm³/mol. The summed E-state index contributed by atoms with van der Waals surface area (Å²) in [6.07, 6.45) is -0.304. The lowest BCUT2D eigenvalue weighted by Crippen LogP contribution is -2.11. The van der Waals surface area contributed by atoms with E-state index in [1.54, 1.807) is 6.07 Å². The van der Waals surface area contributed by atoms with Crippen molar-refractivity contribution in [2.75, 3.05) is 5.32 Å². The monoisotopic (exact) mass is 212 g/mol. The van der Waals surface area contributed by atoms with Gasteiger partial charge in [0.2, 0.25) is 5.91 Å². The van der Waals surface area contributed by atoms with E-state index in [-0.39, 0.29) is 17.1 Å². The number of rotatable bonds is 2. The molecule has 0 saturated heterocycles. The highest BCUT2D eigenvalue weighted by Gasteiger charge is 2.06. The molecule has 72 valence electrons. The first-order chi connectivity index (χ1) is 6.63. The molecule has 1 rings (SSSR count). The Hall–Kier alpha value is -1.60. The summed E-state index contributed by atoms with van der Waals surface area (Å²) in [4.78, 5) is 10.9. The van der Waals surface area contributed by atoms with Crippen molar-refractivity contribution in [1.82, 2.24) is 0 Å². The van der Waals surface area contributed by atoms with E-state index in [4.69, 9.17) is 16.9 Å². The molecular weight excluding hydrogens is 207 g/mol. The molecular formula is C9H6ClFN2O. The van der Waals surface area contributed by atoms with E-state index < -0.39 is 11.7 Å². The minimum atomic E-state index is -0.621. The lowest BCUT2D eigenvalue weighted by atomic mass is 10.3. The van der Waals surface area contributed by atoms with Crippen LogP contribution in [0.5, 0.6) is 0 Å². The number of hydrogen-bond acceptors (Lipinski definition) is 2. The Morgan fingerprint density at radius 3 is 2.93 bits per heavy atom. The van der Waals surface area contributed by atoms with Gasteiger partial charge in [-0.15, -0.1) is 0 Å². The molecule has 0 fully saturated rings. The second kappa shape index (κ2) is 4.58. The van der Waals surface area contributed by atoms with Crippen molar-refractivity contribution in [3.63, 3.8) is 0 Å². The Balaban J connectivity index is 2.78. The van der Waals surface area contributed by atoms with Gasteiger partial charge in [-0.1, -0.05) is 11.6 Å². The summed E-state index contributed by atoms with van der Waals surface area (Å²) in [7, 11) is 0. The summed E-state index contributed by atoms with van der Waals surface area (Å²) < 4.78 is 13.1. The van der Waals surface area contributed by atoms with Gasteiger partial charge in [-0.05, 0) is 18.2 Å². The first-order valence-corrected chi connectivity index (χ1v) is 4.13. The van der Waals surface area contributed by atoms with Crippen LogP contribution in [0.25, 0.3) is 0 Å². The van der Waals surface area contributed by atoms with E-state index in [2.05, 4.69) is 5.32 Å². The van der Waals surface area contributed by atoms with E-state index in [1.165, 1.54) is 12.1 Å². The zero-order chi connectivity index (χ0) is 10.6. The summed E-state index contributed by atoms with van der Waals surface area (Å²) in [5.74, 6) is -1.17. The summed E-state index contributed by atoms with van der Waals surface area (Å²) in [5.41, 5.74) is 0.0228. The van der Waals surface area contributed by atoms with Crippen LogP contribution in [0.4, 0.5) is 10.1 Å². The van der Waals surface area contributed by atoms with Gasteiger partial charge >= 0.3 is 0 Å². The number of nitriles is 1. The molecule has 5 heteroatoms. The molecule has 1 amide bonds. The number of nitrogens with zero attached hydrogens (tertiary/aromatic N) is 1. The van der Waals surface area contributed by atoms with E-state index in [0.29, 0.717) is 0 Å². The van der Waals surface area contributed by atoms with E-state index in [9.17, 15) is 9.18 Å². The lowest BCUT2D eigenvalue weighted by molar-refractivity contribution is -0.115. The largest absolute Gasteiger partial charge is 0.323 e. The Morgan fingerprint density at radius 1 is 1.64 bits per heavy atom. The molecule has 0 bridgehead atoms. The number of carbonyl (C=O) groups excluding carboxylic acids is 1. The number of carbonyl (C=O) groups is 1. The molecule has 0 saturated carbocycles. The predicted octanol–water partition coefficient (Wildman–Crippen LogP) is 2.33. The topological polar surface area (TPSA) is 52.9 Å². The van der Waals surface area contributed by atoms with Crippen molar-refractivity contribution in [3.05, 3.63) is 29.0 Å². The maximum absolute atomic E-state index is 13.1.